The Morgan fingerprint density at radius 2 is 1.41 bits per heavy atom. The van der Waals surface area contributed by atoms with Gasteiger partial charge >= 0.3 is 16.4 Å². The summed E-state index contributed by atoms with van der Waals surface area (Å²) in [5.41, 5.74) is 0. The molecule has 1 aromatic rings. The van der Waals surface area contributed by atoms with E-state index >= 15 is 0 Å². The molecule has 0 fully saturated rings. The molecule has 0 aliphatic carbocycles. The molecule has 0 aromatic heterocycles. The van der Waals surface area contributed by atoms with Crippen molar-refractivity contribution in [1.82, 2.24) is 0 Å². The highest BCUT2D eigenvalue weighted by Crippen LogP contribution is 2.57. The van der Waals surface area contributed by atoms with Crippen molar-refractivity contribution in [1.29, 1.82) is 0 Å². The monoisotopic (exact) mass is 470 g/mol. The summed E-state index contributed by atoms with van der Waals surface area (Å²) < 4.78 is 102. The minimum absolute atomic E-state index is 0.488. The Bertz CT molecular complexity index is 662. The molecule has 0 aliphatic rings. The first-order valence-corrected chi connectivity index (χ1v) is 9.75. The molecule has 1 rings (SSSR count). The van der Waals surface area contributed by atoms with Crippen LogP contribution in [0.5, 0.6) is 0 Å². The molecule has 0 saturated carbocycles. The second-order valence-electron chi connectivity index (χ2n) is 3.70. The Hall–Kier alpha value is 0.160. The number of alkyl halides is 6. The van der Waals surface area contributed by atoms with E-state index in [1.54, 1.807) is 0 Å². The molecule has 0 unspecified atom stereocenters. The molecule has 2 nitrogen and oxygen atoms in total. The van der Waals surface area contributed by atoms with Crippen LogP contribution >= 0.6 is 49.8 Å². The maximum atomic E-state index is 13.6. The quantitative estimate of drug-likeness (QED) is 0.317. The average molecular weight is 472 g/mol. The number of hydrogen-bond donors (Lipinski definition) is 0. The summed E-state index contributed by atoms with van der Waals surface area (Å²) in [6.45, 7) is 0. The Morgan fingerprint density at radius 1 is 1.00 bits per heavy atom. The predicted molar refractivity (Wildman–Crippen MR) is 75.0 cm³/mol. The van der Waals surface area contributed by atoms with Crippen LogP contribution in [0.25, 0.3) is 0 Å². The highest BCUT2D eigenvalue weighted by Gasteiger charge is 2.77. The number of hydrogen-bond acceptors (Lipinski definition) is 3. The van der Waals surface area contributed by atoms with Gasteiger partial charge in [0.15, 0.2) is 0 Å². The lowest BCUT2D eigenvalue weighted by molar-refractivity contribution is -0.239. The van der Waals surface area contributed by atoms with Gasteiger partial charge in [-0.3, -0.25) is 0 Å². The SMILES string of the molecule is O=S(=O)(Br)C(F)(F)C(F)(F)C(F)(F)Sc1c(Cl)cccc1Cl. The third kappa shape index (κ3) is 3.47. The fourth-order valence-electron chi connectivity index (χ4n) is 1.09. The molecule has 0 aliphatic heterocycles. The van der Waals surface area contributed by atoms with Crippen LogP contribution in [0.3, 0.4) is 0 Å². The maximum Gasteiger partial charge on any atom is 0.424 e. The van der Waals surface area contributed by atoms with E-state index in [4.69, 9.17) is 23.2 Å². The molecule has 0 N–H and O–H groups in total. The van der Waals surface area contributed by atoms with Crippen molar-refractivity contribution in [3.05, 3.63) is 28.2 Å². The van der Waals surface area contributed by atoms with E-state index in [2.05, 4.69) is 0 Å². The molecule has 0 spiro atoms. The summed E-state index contributed by atoms with van der Waals surface area (Å²) >= 11 is 11.2. The normalized spacial score (nSPS) is 14.2. The van der Waals surface area contributed by atoms with Crippen molar-refractivity contribution in [2.75, 3.05) is 0 Å². The first kappa shape index (κ1) is 20.2. The summed E-state index contributed by atoms with van der Waals surface area (Å²) in [4.78, 5) is -0.793. The Morgan fingerprint density at radius 3 is 1.77 bits per heavy atom. The van der Waals surface area contributed by atoms with Crippen molar-refractivity contribution < 1.29 is 34.8 Å². The molecular weight excluding hydrogens is 469 g/mol. The summed E-state index contributed by atoms with van der Waals surface area (Å²) in [5.74, 6) is -6.24. The average Bonchev–Trinajstić information content (AvgIpc) is 2.32. The number of rotatable bonds is 5. The maximum absolute atomic E-state index is 13.6. The first-order valence-electron chi connectivity index (χ1n) is 4.86. The Labute approximate surface area is 142 Å². The van der Waals surface area contributed by atoms with E-state index in [9.17, 15) is 34.8 Å². The molecular formula is C9H3BrCl2F6O2S2. The van der Waals surface area contributed by atoms with E-state index in [-0.39, 0.29) is 0 Å². The van der Waals surface area contributed by atoms with Crippen LogP contribution in [0.15, 0.2) is 23.1 Å². The third-order valence-electron chi connectivity index (χ3n) is 2.19. The van der Waals surface area contributed by atoms with Crippen molar-refractivity contribution in [3.8, 4) is 0 Å². The second-order valence-corrected chi connectivity index (χ2v) is 9.58. The zero-order chi connectivity index (χ0) is 17.6. The van der Waals surface area contributed by atoms with Crippen molar-refractivity contribution in [2.45, 2.75) is 21.3 Å². The number of benzene rings is 1. The van der Waals surface area contributed by atoms with Crippen molar-refractivity contribution in [2.24, 2.45) is 0 Å². The summed E-state index contributed by atoms with van der Waals surface area (Å²) in [6, 6.07) is 3.25. The van der Waals surface area contributed by atoms with Crippen LogP contribution in [-0.4, -0.2) is 24.8 Å². The summed E-state index contributed by atoms with van der Waals surface area (Å²) in [7, 11) is -5.99. The molecule has 1 aromatic carbocycles. The largest absolute Gasteiger partial charge is 0.424 e. The van der Waals surface area contributed by atoms with Crippen LogP contribution in [0, 0.1) is 0 Å². The van der Waals surface area contributed by atoms with Crippen molar-refractivity contribution >= 4 is 58.0 Å². The lowest BCUT2D eigenvalue weighted by Crippen LogP contribution is -2.55. The molecule has 22 heavy (non-hydrogen) atoms. The lowest BCUT2D eigenvalue weighted by Gasteiger charge is -2.30. The topological polar surface area (TPSA) is 34.1 Å². The van der Waals surface area contributed by atoms with Gasteiger partial charge in [0.25, 0.3) is 8.27 Å². The first-order chi connectivity index (χ1) is 9.65. The minimum atomic E-state index is -6.24. The van der Waals surface area contributed by atoms with E-state index < -0.39 is 51.4 Å². The van der Waals surface area contributed by atoms with Crippen LogP contribution in [-0.2, 0) is 8.27 Å². The van der Waals surface area contributed by atoms with Gasteiger partial charge in [-0.2, -0.15) is 26.3 Å². The molecule has 0 heterocycles. The van der Waals surface area contributed by atoms with Gasteiger partial charge in [-0.15, -0.1) is 0 Å². The van der Waals surface area contributed by atoms with E-state index in [0.717, 1.165) is 12.1 Å². The molecule has 0 saturated heterocycles. The molecule has 0 amide bonds. The Kier molecular flexibility index (Phi) is 5.72. The van der Waals surface area contributed by atoms with Crippen LogP contribution in [0.2, 0.25) is 10.0 Å². The predicted octanol–water partition coefficient (Wildman–Crippen LogP) is 5.63. The van der Waals surface area contributed by atoms with E-state index in [1.165, 1.54) is 20.9 Å². The molecule has 0 bridgehead atoms. The fraction of sp³-hybridized carbons (Fsp3) is 0.333. The lowest BCUT2D eigenvalue weighted by atomic mass is 10.3. The summed E-state index contributed by atoms with van der Waals surface area (Å²) in [5, 5.41) is -12.6. The van der Waals surface area contributed by atoms with Crippen LogP contribution in [0.4, 0.5) is 26.3 Å². The molecule has 0 radical (unpaired) electrons. The third-order valence-corrected chi connectivity index (χ3v) is 6.29. The van der Waals surface area contributed by atoms with Gasteiger partial charge in [0.05, 0.1) is 29.8 Å². The van der Waals surface area contributed by atoms with Gasteiger partial charge < -0.3 is 0 Å². The van der Waals surface area contributed by atoms with E-state index in [1.807, 2.05) is 0 Å². The summed E-state index contributed by atoms with van der Waals surface area (Å²) in [6.07, 6.45) is 0. The Balaban J connectivity index is 3.34. The van der Waals surface area contributed by atoms with Gasteiger partial charge in [-0.1, -0.05) is 29.3 Å². The van der Waals surface area contributed by atoms with E-state index in [0.29, 0.717) is 0 Å². The van der Waals surface area contributed by atoms with Gasteiger partial charge in [0, 0.05) is 0 Å². The molecule has 126 valence electrons. The smallest absolute Gasteiger partial charge is 0.210 e. The van der Waals surface area contributed by atoms with Gasteiger partial charge in [0.2, 0.25) is 0 Å². The van der Waals surface area contributed by atoms with Crippen molar-refractivity contribution in [3.63, 3.8) is 0 Å². The molecule has 13 heteroatoms. The van der Waals surface area contributed by atoms with Gasteiger partial charge in [-0.25, -0.2) is 8.42 Å². The number of halogens is 9. The standard InChI is InChI=1S/C9H3BrCl2F6O2S2/c10-22(19,20)9(17,18)7(13,14)8(15,16)21-6-4(11)2-1-3-5(6)12/h1-3H. The zero-order valence-electron chi connectivity index (χ0n) is 9.77. The molecule has 0 atom stereocenters. The van der Waals surface area contributed by atoms with Gasteiger partial charge in [-0.05, 0) is 23.9 Å². The van der Waals surface area contributed by atoms with Gasteiger partial charge in [0.1, 0.15) is 0 Å². The van der Waals surface area contributed by atoms with Crippen LogP contribution in [0.1, 0.15) is 0 Å². The fourth-order valence-corrected chi connectivity index (χ4v) is 3.68. The second kappa shape index (κ2) is 6.23. The number of thioether (sulfide) groups is 1. The van der Waals surface area contributed by atoms with Crippen LogP contribution < -0.4 is 0 Å². The highest BCUT2D eigenvalue weighted by atomic mass is 79.9. The highest BCUT2D eigenvalue weighted by molar-refractivity contribution is 9.47. The minimum Gasteiger partial charge on any atom is -0.210 e. The zero-order valence-corrected chi connectivity index (χ0v) is 14.5.